The lowest BCUT2D eigenvalue weighted by Gasteiger charge is -2.09. The molecule has 5 heteroatoms. The molecule has 0 N–H and O–H groups in total. The highest BCUT2D eigenvalue weighted by atomic mass is 32.1. The van der Waals surface area contributed by atoms with Crippen LogP contribution in [0.25, 0.3) is 27.2 Å². The first kappa shape index (κ1) is 11.5. The van der Waals surface area contributed by atoms with Crippen molar-refractivity contribution in [1.29, 1.82) is 0 Å². The Bertz CT molecular complexity index is 1070. The summed E-state index contributed by atoms with van der Waals surface area (Å²) in [7, 11) is 0. The van der Waals surface area contributed by atoms with Gasteiger partial charge in [-0.1, -0.05) is 12.1 Å². The minimum Gasteiger partial charge on any atom is -0.423 e. The molecular weight excluding hydrogens is 284 g/mol. The molecule has 0 amide bonds. The first-order valence-electron chi connectivity index (χ1n) is 7.17. The molecule has 0 unspecified atom stereocenters. The van der Waals surface area contributed by atoms with Crippen LogP contribution in [0, 0.1) is 0 Å². The second-order valence-corrected chi connectivity index (χ2v) is 6.58. The van der Waals surface area contributed by atoms with Crippen molar-refractivity contribution in [2.45, 2.75) is 25.7 Å². The Kier molecular flexibility index (Phi) is 2.16. The number of oxazole rings is 1. The summed E-state index contributed by atoms with van der Waals surface area (Å²) in [5, 5.41) is 0.804. The second kappa shape index (κ2) is 3.95. The van der Waals surface area contributed by atoms with Crippen molar-refractivity contribution in [3.63, 3.8) is 0 Å². The summed E-state index contributed by atoms with van der Waals surface area (Å²) in [4.78, 5) is 19.7. The molecule has 0 spiro atoms. The molecule has 0 saturated carbocycles. The highest BCUT2D eigenvalue weighted by Crippen LogP contribution is 2.34. The van der Waals surface area contributed by atoms with Crippen LogP contribution in [0.3, 0.4) is 0 Å². The van der Waals surface area contributed by atoms with Gasteiger partial charge in [-0.25, -0.2) is 4.40 Å². The molecule has 0 radical (unpaired) electrons. The molecule has 4 nitrogen and oxygen atoms in total. The van der Waals surface area contributed by atoms with Crippen LogP contribution in [-0.2, 0) is 12.8 Å². The number of nitrogens with zero attached hydrogens (tertiary/aromatic N) is 2. The van der Waals surface area contributed by atoms with E-state index in [0.717, 1.165) is 35.0 Å². The van der Waals surface area contributed by atoms with Crippen LogP contribution in [0.2, 0.25) is 0 Å². The van der Waals surface area contributed by atoms with E-state index in [4.69, 9.17) is 4.42 Å². The third kappa shape index (κ3) is 1.44. The fraction of sp³-hybridized carbons (Fsp3) is 0.250. The average molecular weight is 296 g/mol. The molecule has 3 aromatic heterocycles. The van der Waals surface area contributed by atoms with Crippen LogP contribution in [0.15, 0.2) is 33.5 Å². The molecular formula is C16H12N2O2S. The molecule has 104 valence electrons. The fourth-order valence-corrected chi connectivity index (χ4v) is 4.54. The Balaban J connectivity index is 2.03. The van der Waals surface area contributed by atoms with E-state index in [9.17, 15) is 4.79 Å². The maximum absolute atomic E-state index is 13.0. The summed E-state index contributed by atoms with van der Waals surface area (Å²) in [5.74, 6) is 0.396. The number of fused-ring (bicyclic) bond motifs is 6. The fourth-order valence-electron chi connectivity index (χ4n) is 3.29. The van der Waals surface area contributed by atoms with Gasteiger partial charge in [-0.15, -0.1) is 11.3 Å². The summed E-state index contributed by atoms with van der Waals surface area (Å²) in [6.07, 6.45) is 4.43. The Morgan fingerprint density at radius 2 is 2.05 bits per heavy atom. The van der Waals surface area contributed by atoms with Gasteiger partial charge in [0.05, 0.1) is 10.9 Å². The number of hydrogen-bond donors (Lipinski definition) is 0. The van der Waals surface area contributed by atoms with E-state index < -0.39 is 0 Å². The summed E-state index contributed by atoms with van der Waals surface area (Å²) in [6, 6.07) is 7.59. The van der Waals surface area contributed by atoms with Crippen LogP contribution >= 0.6 is 11.3 Å². The number of thiophene rings is 1. The summed E-state index contributed by atoms with van der Waals surface area (Å²) < 4.78 is 7.34. The van der Waals surface area contributed by atoms with Gasteiger partial charge in [0.25, 0.3) is 5.56 Å². The molecule has 1 aliphatic carbocycles. The maximum Gasteiger partial charge on any atom is 0.311 e. The number of para-hydroxylation sites is 2. The number of aromatic nitrogens is 2. The van der Waals surface area contributed by atoms with Crippen LogP contribution in [0.4, 0.5) is 0 Å². The number of benzene rings is 1. The lowest BCUT2D eigenvalue weighted by Crippen LogP contribution is -2.14. The van der Waals surface area contributed by atoms with Crippen LogP contribution in [0.5, 0.6) is 0 Å². The summed E-state index contributed by atoms with van der Waals surface area (Å²) in [6.45, 7) is 0. The molecule has 4 aromatic rings. The van der Waals surface area contributed by atoms with E-state index in [2.05, 4.69) is 4.98 Å². The minimum absolute atomic E-state index is 0.0133. The van der Waals surface area contributed by atoms with Gasteiger partial charge in [0.2, 0.25) is 0 Å². The lowest BCUT2D eigenvalue weighted by atomic mass is 9.97. The minimum atomic E-state index is 0.0133. The van der Waals surface area contributed by atoms with Crippen molar-refractivity contribution in [3.8, 4) is 0 Å². The third-order valence-corrected chi connectivity index (χ3v) is 5.45. The standard InChI is InChI=1S/C16H12N2O2S/c19-15-13-9-5-1-4-8-12(9)21-14(13)17-16-18(15)10-6-2-3-7-11(10)20-16/h2-3,6-7H,1,4-5,8H2. The predicted molar refractivity (Wildman–Crippen MR) is 83.3 cm³/mol. The quantitative estimate of drug-likeness (QED) is 0.498. The van der Waals surface area contributed by atoms with Gasteiger partial charge in [-0.05, 0) is 43.4 Å². The monoisotopic (exact) mass is 296 g/mol. The molecule has 1 aromatic carbocycles. The zero-order valence-corrected chi connectivity index (χ0v) is 12.1. The topological polar surface area (TPSA) is 47.5 Å². The van der Waals surface area contributed by atoms with Crippen molar-refractivity contribution in [1.82, 2.24) is 9.38 Å². The smallest absolute Gasteiger partial charge is 0.311 e. The zero-order valence-electron chi connectivity index (χ0n) is 11.3. The molecule has 21 heavy (non-hydrogen) atoms. The van der Waals surface area contributed by atoms with Crippen LogP contribution in [0.1, 0.15) is 23.3 Å². The SMILES string of the molecule is O=c1c2c3c(sc2nc2oc4ccccc4n12)CCCC3. The largest absolute Gasteiger partial charge is 0.423 e. The molecule has 0 aliphatic heterocycles. The van der Waals surface area contributed by atoms with Gasteiger partial charge < -0.3 is 4.42 Å². The Labute approximate surface area is 123 Å². The van der Waals surface area contributed by atoms with Gasteiger partial charge in [0.15, 0.2) is 5.58 Å². The van der Waals surface area contributed by atoms with Crippen LogP contribution < -0.4 is 5.56 Å². The van der Waals surface area contributed by atoms with Gasteiger partial charge in [-0.2, -0.15) is 4.98 Å². The van der Waals surface area contributed by atoms with Gasteiger partial charge in [0.1, 0.15) is 4.83 Å². The highest BCUT2D eigenvalue weighted by Gasteiger charge is 2.22. The van der Waals surface area contributed by atoms with E-state index in [1.807, 2.05) is 24.3 Å². The Hall–Kier alpha value is -2.14. The lowest BCUT2D eigenvalue weighted by molar-refractivity contribution is 0.637. The third-order valence-electron chi connectivity index (χ3n) is 4.27. The van der Waals surface area contributed by atoms with Gasteiger partial charge >= 0.3 is 5.84 Å². The first-order valence-corrected chi connectivity index (χ1v) is 7.99. The molecule has 5 rings (SSSR count). The van der Waals surface area contributed by atoms with Gasteiger partial charge in [0, 0.05) is 4.88 Å². The van der Waals surface area contributed by atoms with E-state index >= 15 is 0 Å². The molecule has 3 heterocycles. The van der Waals surface area contributed by atoms with Crippen molar-refractivity contribution in [2.24, 2.45) is 0 Å². The number of rotatable bonds is 0. The van der Waals surface area contributed by atoms with E-state index in [1.165, 1.54) is 16.9 Å². The first-order chi connectivity index (χ1) is 10.3. The maximum atomic E-state index is 13.0. The second-order valence-electron chi connectivity index (χ2n) is 5.50. The van der Waals surface area contributed by atoms with E-state index in [-0.39, 0.29) is 5.56 Å². The Morgan fingerprint density at radius 1 is 1.19 bits per heavy atom. The van der Waals surface area contributed by atoms with Crippen molar-refractivity contribution in [2.75, 3.05) is 0 Å². The molecule has 1 aliphatic rings. The Morgan fingerprint density at radius 3 is 3.00 bits per heavy atom. The molecule has 0 saturated heterocycles. The average Bonchev–Trinajstić information content (AvgIpc) is 3.04. The van der Waals surface area contributed by atoms with Crippen LogP contribution in [-0.4, -0.2) is 9.38 Å². The van der Waals surface area contributed by atoms with Crippen molar-refractivity contribution < 1.29 is 4.42 Å². The molecule has 0 atom stereocenters. The number of aryl methyl sites for hydroxylation is 2. The van der Waals surface area contributed by atoms with E-state index in [1.54, 1.807) is 15.7 Å². The number of hydrogen-bond acceptors (Lipinski definition) is 4. The molecule has 0 bridgehead atoms. The van der Waals surface area contributed by atoms with Gasteiger partial charge in [-0.3, -0.25) is 4.79 Å². The van der Waals surface area contributed by atoms with Crippen molar-refractivity contribution >= 4 is 38.5 Å². The molecule has 0 fully saturated rings. The van der Waals surface area contributed by atoms with E-state index in [0.29, 0.717) is 11.4 Å². The van der Waals surface area contributed by atoms with Crippen molar-refractivity contribution in [3.05, 3.63) is 45.1 Å². The normalized spacial score (nSPS) is 15.0. The summed E-state index contributed by atoms with van der Waals surface area (Å²) in [5.41, 5.74) is 2.73. The predicted octanol–water partition coefficient (Wildman–Crippen LogP) is 3.53. The summed E-state index contributed by atoms with van der Waals surface area (Å²) >= 11 is 1.65. The zero-order chi connectivity index (χ0) is 14.0. The highest BCUT2D eigenvalue weighted by molar-refractivity contribution is 7.18.